The van der Waals surface area contributed by atoms with Gasteiger partial charge in [0.15, 0.2) is 11.5 Å². The number of carbonyl (C=O) groups is 1. The number of carbonyl (C=O) groups excluding carboxylic acids is 1. The molecule has 0 aliphatic heterocycles. The third-order valence-electron chi connectivity index (χ3n) is 4.95. The van der Waals surface area contributed by atoms with Gasteiger partial charge in [-0.2, -0.15) is 0 Å². The van der Waals surface area contributed by atoms with Crippen molar-refractivity contribution in [2.24, 2.45) is 0 Å². The molecule has 0 saturated heterocycles. The zero-order valence-corrected chi connectivity index (χ0v) is 15.5. The third-order valence-corrected chi connectivity index (χ3v) is 4.95. The van der Waals surface area contributed by atoms with E-state index in [1.165, 1.54) is 14.2 Å². The highest BCUT2D eigenvalue weighted by atomic mass is 16.5. The van der Waals surface area contributed by atoms with Gasteiger partial charge in [0.1, 0.15) is 11.5 Å². The Kier molecular flexibility index (Phi) is 5.56. The molecule has 3 rings (SSSR count). The first kappa shape index (κ1) is 19.0. The van der Waals surface area contributed by atoms with Crippen molar-refractivity contribution in [3.63, 3.8) is 0 Å². The average Bonchev–Trinajstić information content (AvgIpc) is 2.66. The van der Waals surface area contributed by atoms with Crippen molar-refractivity contribution in [2.45, 2.75) is 38.2 Å². The topological polar surface area (TPSA) is 96.2 Å². The summed E-state index contributed by atoms with van der Waals surface area (Å²) < 4.78 is 10.8. The summed E-state index contributed by atoms with van der Waals surface area (Å²) in [6.07, 6.45) is 0.917. The van der Waals surface area contributed by atoms with E-state index >= 15 is 0 Å². The summed E-state index contributed by atoms with van der Waals surface area (Å²) in [6, 6.07) is 6.88. The van der Waals surface area contributed by atoms with Gasteiger partial charge in [0.2, 0.25) is 5.75 Å². The van der Waals surface area contributed by atoms with Gasteiger partial charge in [0.05, 0.1) is 20.3 Å². The van der Waals surface area contributed by atoms with Crippen molar-refractivity contribution in [3.8, 4) is 34.1 Å². The Hall–Kier alpha value is -2.73. The maximum Gasteiger partial charge on any atom is 0.203 e. The lowest BCUT2D eigenvalue weighted by Gasteiger charge is -2.19. The summed E-state index contributed by atoms with van der Waals surface area (Å²) in [4.78, 5) is 12.1. The molecule has 27 heavy (non-hydrogen) atoms. The van der Waals surface area contributed by atoms with Gasteiger partial charge in [-0.3, -0.25) is 4.79 Å². The van der Waals surface area contributed by atoms with Crippen molar-refractivity contribution in [2.75, 3.05) is 14.2 Å². The van der Waals surface area contributed by atoms with Crippen molar-refractivity contribution in [1.82, 2.24) is 0 Å². The minimum atomic E-state index is -0.775. The Balaban J connectivity index is 2.26. The molecule has 0 radical (unpaired) electrons. The molecule has 6 heteroatoms. The number of methoxy groups -OCH3 is 2. The molecule has 0 heterocycles. The molecule has 6 nitrogen and oxygen atoms in total. The monoisotopic (exact) mass is 372 g/mol. The summed E-state index contributed by atoms with van der Waals surface area (Å²) in [5.41, 5.74) is 2.45. The molecule has 1 aliphatic carbocycles. The van der Waals surface area contributed by atoms with Crippen molar-refractivity contribution < 1.29 is 29.6 Å². The first-order valence-electron chi connectivity index (χ1n) is 8.93. The molecule has 1 atom stereocenters. The standard InChI is InChI=1S/C21H24O6/c1-26-20-17-11-13(19(25)21(20)27-2)10-15(23)7-6-14(22)5-3-12-4-8-18(24)16(17)9-12/h4,8-9,11,15,23-25H,3,5-7,10H2,1-2H3. The second kappa shape index (κ2) is 7.88. The van der Waals surface area contributed by atoms with E-state index in [1.54, 1.807) is 18.2 Å². The first-order valence-corrected chi connectivity index (χ1v) is 8.93. The minimum Gasteiger partial charge on any atom is -0.507 e. The van der Waals surface area contributed by atoms with Gasteiger partial charge in [-0.1, -0.05) is 6.07 Å². The minimum absolute atomic E-state index is 0.0532. The van der Waals surface area contributed by atoms with Crippen molar-refractivity contribution in [1.29, 1.82) is 0 Å². The number of fused-ring (bicyclic) bond motifs is 5. The summed E-state index contributed by atoms with van der Waals surface area (Å²) >= 11 is 0. The lowest BCUT2D eigenvalue weighted by Crippen LogP contribution is -2.13. The molecule has 0 spiro atoms. The van der Waals surface area contributed by atoms with E-state index in [0.717, 1.165) is 5.56 Å². The lowest BCUT2D eigenvalue weighted by atomic mass is 9.95. The Bertz CT molecular complexity index is 858. The van der Waals surface area contributed by atoms with Crippen LogP contribution in [0.2, 0.25) is 0 Å². The fourth-order valence-corrected chi connectivity index (χ4v) is 3.48. The molecular weight excluding hydrogens is 348 g/mol. The summed E-state index contributed by atoms with van der Waals surface area (Å²) in [5.74, 6) is 0.458. The van der Waals surface area contributed by atoms with Crippen LogP contribution in [-0.4, -0.2) is 41.4 Å². The van der Waals surface area contributed by atoms with Crippen LogP contribution >= 0.6 is 0 Å². The van der Waals surface area contributed by atoms with Crippen molar-refractivity contribution >= 4 is 5.78 Å². The number of rotatable bonds is 2. The number of hydrogen-bond acceptors (Lipinski definition) is 6. The Morgan fingerprint density at radius 1 is 0.963 bits per heavy atom. The molecule has 2 aromatic carbocycles. The Morgan fingerprint density at radius 3 is 2.41 bits per heavy atom. The second-order valence-electron chi connectivity index (χ2n) is 6.79. The van der Waals surface area contributed by atoms with Crippen LogP contribution in [0.3, 0.4) is 0 Å². The van der Waals surface area contributed by atoms with E-state index in [0.29, 0.717) is 41.7 Å². The lowest BCUT2D eigenvalue weighted by molar-refractivity contribution is -0.119. The molecule has 0 fully saturated rings. The van der Waals surface area contributed by atoms with Crippen LogP contribution in [0.5, 0.6) is 23.0 Å². The van der Waals surface area contributed by atoms with Crippen molar-refractivity contribution in [3.05, 3.63) is 35.4 Å². The summed E-state index contributed by atoms with van der Waals surface area (Å²) in [5, 5.41) is 31.3. The summed E-state index contributed by atoms with van der Waals surface area (Å²) in [6.45, 7) is 0. The molecular formula is C21H24O6. The van der Waals surface area contributed by atoms with Crippen LogP contribution in [0.4, 0.5) is 0 Å². The van der Waals surface area contributed by atoms with E-state index in [2.05, 4.69) is 0 Å². The van der Waals surface area contributed by atoms with E-state index in [1.807, 2.05) is 6.07 Å². The smallest absolute Gasteiger partial charge is 0.203 e. The van der Waals surface area contributed by atoms with Crippen LogP contribution in [-0.2, 0) is 17.6 Å². The van der Waals surface area contributed by atoms with E-state index < -0.39 is 6.10 Å². The number of Topliss-reactive ketones (excluding diaryl/α,β-unsaturated/α-hetero) is 1. The van der Waals surface area contributed by atoms with Gasteiger partial charge in [0, 0.05) is 36.0 Å². The number of ether oxygens (including phenoxy) is 2. The van der Waals surface area contributed by atoms with Gasteiger partial charge >= 0.3 is 0 Å². The number of aliphatic hydroxyl groups is 1. The fourth-order valence-electron chi connectivity index (χ4n) is 3.48. The largest absolute Gasteiger partial charge is 0.507 e. The van der Waals surface area contributed by atoms with Crippen LogP contribution in [0.15, 0.2) is 24.3 Å². The fraction of sp³-hybridized carbons (Fsp3) is 0.381. The normalized spacial score (nSPS) is 17.4. The molecule has 4 bridgehead atoms. The predicted molar refractivity (Wildman–Crippen MR) is 101 cm³/mol. The SMILES string of the molecule is COc1c2cc(c(O)c1OC)CC(O)CCC(=O)CCc1ccc(O)c-2c1. The van der Waals surface area contributed by atoms with Gasteiger partial charge < -0.3 is 24.8 Å². The van der Waals surface area contributed by atoms with Crippen LogP contribution in [0.1, 0.15) is 30.4 Å². The van der Waals surface area contributed by atoms with Gasteiger partial charge in [0.25, 0.3) is 0 Å². The maximum absolute atomic E-state index is 12.1. The molecule has 3 N–H and O–H groups in total. The van der Waals surface area contributed by atoms with Crippen LogP contribution in [0.25, 0.3) is 11.1 Å². The maximum atomic E-state index is 12.1. The molecule has 0 saturated carbocycles. The first-order chi connectivity index (χ1) is 12.9. The average molecular weight is 372 g/mol. The molecule has 144 valence electrons. The predicted octanol–water partition coefficient (Wildman–Crippen LogP) is 2.98. The number of ketones is 1. The number of aryl methyl sites for hydroxylation is 1. The van der Waals surface area contributed by atoms with Crippen LogP contribution in [0, 0.1) is 0 Å². The number of aromatic hydroxyl groups is 2. The third kappa shape index (κ3) is 3.85. The second-order valence-corrected chi connectivity index (χ2v) is 6.79. The highest BCUT2D eigenvalue weighted by Crippen LogP contribution is 2.48. The summed E-state index contributed by atoms with van der Waals surface area (Å²) in [7, 11) is 2.88. The van der Waals surface area contributed by atoms with Gasteiger partial charge in [-0.05, 0) is 36.6 Å². The number of phenolic OH excluding ortho intramolecular Hbond substituents is 2. The number of phenols is 2. The highest BCUT2D eigenvalue weighted by Gasteiger charge is 2.24. The highest BCUT2D eigenvalue weighted by molar-refractivity contribution is 5.82. The molecule has 1 aliphatic rings. The Morgan fingerprint density at radius 2 is 1.70 bits per heavy atom. The zero-order valence-electron chi connectivity index (χ0n) is 15.5. The van der Waals surface area contributed by atoms with E-state index in [-0.39, 0.29) is 35.9 Å². The van der Waals surface area contributed by atoms with Gasteiger partial charge in [-0.25, -0.2) is 0 Å². The van der Waals surface area contributed by atoms with Crippen LogP contribution < -0.4 is 9.47 Å². The molecule has 1 unspecified atom stereocenters. The van der Waals surface area contributed by atoms with E-state index in [4.69, 9.17) is 9.47 Å². The Labute approximate surface area is 158 Å². The number of benzene rings is 2. The molecule has 0 aromatic heterocycles. The zero-order chi connectivity index (χ0) is 19.6. The van der Waals surface area contributed by atoms with Gasteiger partial charge in [-0.15, -0.1) is 0 Å². The molecule has 0 amide bonds. The van der Waals surface area contributed by atoms with E-state index in [9.17, 15) is 20.1 Å². The molecule has 2 aromatic rings. The number of aliphatic hydroxyl groups excluding tert-OH is 1. The number of hydrogen-bond donors (Lipinski definition) is 3. The quantitative estimate of drug-likeness (QED) is 0.750.